The van der Waals surface area contributed by atoms with Crippen molar-refractivity contribution in [2.75, 3.05) is 24.5 Å². The number of anilines is 1. The van der Waals surface area contributed by atoms with Crippen LogP contribution in [0, 0.1) is 11.3 Å². The zero-order valence-corrected chi connectivity index (χ0v) is 17.9. The number of aromatic hydroxyl groups is 1. The van der Waals surface area contributed by atoms with Crippen LogP contribution in [-0.2, 0) is 4.79 Å². The summed E-state index contributed by atoms with van der Waals surface area (Å²) in [5, 5.41) is 11.0. The highest BCUT2D eigenvalue weighted by Gasteiger charge is 2.36. The Bertz CT molecular complexity index is 881. The Morgan fingerprint density at radius 3 is 2.59 bits per heavy atom. The molecular formula is C24H33N3O2. The molecule has 0 saturated carbocycles. The molecule has 2 aromatic rings. The molecule has 2 aliphatic rings. The maximum atomic E-state index is 13.2. The van der Waals surface area contributed by atoms with Crippen molar-refractivity contribution in [2.24, 2.45) is 11.3 Å². The fourth-order valence-electron chi connectivity index (χ4n) is 4.93. The third kappa shape index (κ3) is 4.34. The lowest BCUT2D eigenvalue weighted by molar-refractivity contribution is -0.137. The summed E-state index contributed by atoms with van der Waals surface area (Å²) in [6, 6.07) is 9.90. The molecule has 1 aromatic carbocycles. The molecule has 0 radical (unpaired) electrons. The van der Waals surface area contributed by atoms with E-state index in [0.717, 1.165) is 62.9 Å². The van der Waals surface area contributed by atoms with Gasteiger partial charge >= 0.3 is 0 Å². The average molecular weight is 396 g/mol. The molecule has 2 fully saturated rings. The highest BCUT2D eigenvalue weighted by atomic mass is 16.3. The first-order valence-corrected chi connectivity index (χ1v) is 11.0. The second-order valence-electron chi connectivity index (χ2n) is 9.87. The summed E-state index contributed by atoms with van der Waals surface area (Å²) < 4.78 is 0. The van der Waals surface area contributed by atoms with Crippen molar-refractivity contribution in [3.63, 3.8) is 0 Å². The van der Waals surface area contributed by atoms with E-state index < -0.39 is 0 Å². The zero-order chi connectivity index (χ0) is 20.6. The number of phenols is 1. The molecule has 0 aliphatic carbocycles. The Balaban J connectivity index is 1.40. The predicted octanol–water partition coefficient (Wildman–Crippen LogP) is 4.58. The van der Waals surface area contributed by atoms with Crippen LogP contribution >= 0.6 is 0 Å². The summed E-state index contributed by atoms with van der Waals surface area (Å²) in [7, 11) is 0. The Kier molecular flexibility index (Phi) is 5.41. The largest absolute Gasteiger partial charge is 0.506 e. The third-order valence-corrected chi connectivity index (χ3v) is 6.36. The Morgan fingerprint density at radius 1 is 1.10 bits per heavy atom. The SMILES string of the molecule is CC(C)(C)CC1CCCN1C(=O)C1CCN(c2ccc3cccc(O)c3n2)CC1. The maximum Gasteiger partial charge on any atom is 0.226 e. The van der Waals surface area contributed by atoms with Crippen LogP contribution in [0.4, 0.5) is 5.82 Å². The minimum atomic E-state index is 0.126. The van der Waals surface area contributed by atoms with Crippen molar-refractivity contribution in [3.05, 3.63) is 30.3 Å². The predicted molar refractivity (Wildman–Crippen MR) is 117 cm³/mol. The van der Waals surface area contributed by atoms with Crippen molar-refractivity contribution in [1.82, 2.24) is 9.88 Å². The van der Waals surface area contributed by atoms with E-state index in [1.54, 1.807) is 6.07 Å². The first kappa shape index (κ1) is 20.0. The molecule has 3 heterocycles. The van der Waals surface area contributed by atoms with E-state index in [4.69, 9.17) is 0 Å². The molecule has 29 heavy (non-hydrogen) atoms. The molecule has 1 amide bonds. The van der Waals surface area contributed by atoms with Gasteiger partial charge in [-0.2, -0.15) is 0 Å². The molecule has 5 nitrogen and oxygen atoms in total. The number of pyridine rings is 1. The molecular weight excluding hydrogens is 362 g/mol. The summed E-state index contributed by atoms with van der Waals surface area (Å²) in [5.74, 6) is 1.59. The fraction of sp³-hybridized carbons (Fsp3) is 0.583. The van der Waals surface area contributed by atoms with Crippen molar-refractivity contribution in [1.29, 1.82) is 0 Å². The van der Waals surface area contributed by atoms with Gasteiger partial charge in [0.25, 0.3) is 0 Å². The van der Waals surface area contributed by atoms with Crippen molar-refractivity contribution < 1.29 is 9.90 Å². The van der Waals surface area contributed by atoms with Gasteiger partial charge < -0.3 is 14.9 Å². The summed E-state index contributed by atoms with van der Waals surface area (Å²) in [6.45, 7) is 9.38. The summed E-state index contributed by atoms with van der Waals surface area (Å²) in [6.07, 6.45) is 5.11. The molecule has 0 bridgehead atoms. The van der Waals surface area contributed by atoms with Gasteiger partial charge in [0, 0.05) is 37.0 Å². The summed E-state index contributed by atoms with van der Waals surface area (Å²) in [4.78, 5) is 22.3. The number of fused-ring (bicyclic) bond motifs is 1. The number of hydrogen-bond acceptors (Lipinski definition) is 4. The standard InChI is InChI=1S/C24H33N3O2/c1-24(2,3)16-19-7-5-13-27(19)23(29)18-11-14-26(15-12-18)21-10-9-17-6-4-8-20(28)22(17)25-21/h4,6,8-10,18-19,28H,5,7,11-16H2,1-3H3. The van der Waals surface area contributed by atoms with Crippen LogP contribution in [0.1, 0.15) is 52.9 Å². The van der Waals surface area contributed by atoms with Gasteiger partial charge in [-0.3, -0.25) is 4.79 Å². The van der Waals surface area contributed by atoms with Crippen molar-refractivity contribution in [2.45, 2.75) is 58.9 Å². The van der Waals surface area contributed by atoms with Gasteiger partial charge in [0.05, 0.1) is 0 Å². The van der Waals surface area contributed by atoms with Gasteiger partial charge in [-0.25, -0.2) is 4.98 Å². The van der Waals surface area contributed by atoms with E-state index in [1.165, 1.54) is 0 Å². The quantitative estimate of drug-likeness (QED) is 0.826. The lowest BCUT2D eigenvalue weighted by atomic mass is 9.86. The summed E-state index contributed by atoms with van der Waals surface area (Å²) in [5.41, 5.74) is 0.898. The Hall–Kier alpha value is -2.30. The number of likely N-dealkylation sites (tertiary alicyclic amines) is 1. The van der Waals surface area contributed by atoms with E-state index in [-0.39, 0.29) is 17.1 Å². The minimum absolute atomic E-state index is 0.126. The number of phenolic OH excluding ortho intramolecular Hbond substituents is 1. The van der Waals surface area contributed by atoms with E-state index in [2.05, 4.69) is 35.6 Å². The fourth-order valence-corrected chi connectivity index (χ4v) is 4.93. The van der Waals surface area contributed by atoms with Crippen LogP contribution in [0.3, 0.4) is 0 Å². The summed E-state index contributed by atoms with van der Waals surface area (Å²) >= 11 is 0. The van der Waals surface area contributed by atoms with Crippen LogP contribution in [0.5, 0.6) is 5.75 Å². The van der Waals surface area contributed by atoms with E-state index >= 15 is 0 Å². The van der Waals surface area contributed by atoms with Crippen LogP contribution in [0.25, 0.3) is 10.9 Å². The number of carbonyl (C=O) groups excluding carboxylic acids is 1. The maximum absolute atomic E-state index is 13.2. The second kappa shape index (κ2) is 7.85. The van der Waals surface area contributed by atoms with Crippen molar-refractivity contribution >= 4 is 22.6 Å². The first-order valence-electron chi connectivity index (χ1n) is 11.0. The normalized spacial score (nSPS) is 21.1. The van der Waals surface area contributed by atoms with Gasteiger partial charge in [0.2, 0.25) is 5.91 Å². The van der Waals surface area contributed by atoms with Gasteiger partial charge in [-0.05, 0) is 55.7 Å². The number of para-hydroxylation sites is 1. The van der Waals surface area contributed by atoms with Crippen molar-refractivity contribution in [3.8, 4) is 5.75 Å². The van der Waals surface area contributed by atoms with Gasteiger partial charge in [-0.1, -0.05) is 32.9 Å². The molecule has 1 unspecified atom stereocenters. The van der Waals surface area contributed by atoms with Gasteiger partial charge in [0.1, 0.15) is 17.1 Å². The lowest BCUT2D eigenvalue weighted by Crippen LogP contribution is -2.45. The molecule has 1 N–H and O–H groups in total. The van der Waals surface area contributed by atoms with E-state index in [9.17, 15) is 9.90 Å². The number of benzene rings is 1. The molecule has 1 atom stereocenters. The number of hydrogen-bond donors (Lipinski definition) is 1. The highest BCUT2D eigenvalue weighted by molar-refractivity contribution is 5.85. The minimum Gasteiger partial charge on any atom is -0.506 e. The molecule has 2 aliphatic heterocycles. The molecule has 5 heteroatoms. The number of aromatic nitrogens is 1. The molecule has 1 aromatic heterocycles. The first-order chi connectivity index (χ1) is 13.8. The van der Waals surface area contributed by atoms with Crippen LogP contribution < -0.4 is 4.90 Å². The number of rotatable bonds is 3. The van der Waals surface area contributed by atoms with Crippen LogP contribution in [-0.4, -0.2) is 46.6 Å². The smallest absolute Gasteiger partial charge is 0.226 e. The van der Waals surface area contributed by atoms with E-state index in [1.807, 2.05) is 24.3 Å². The van der Waals surface area contributed by atoms with Crippen LogP contribution in [0.15, 0.2) is 30.3 Å². The Labute approximate surface area is 173 Å². The Morgan fingerprint density at radius 2 is 1.86 bits per heavy atom. The molecule has 4 rings (SSSR count). The number of piperidine rings is 1. The number of nitrogens with zero attached hydrogens (tertiary/aromatic N) is 3. The van der Waals surface area contributed by atoms with E-state index in [0.29, 0.717) is 17.5 Å². The number of carbonyl (C=O) groups is 1. The number of amides is 1. The molecule has 0 spiro atoms. The van der Waals surface area contributed by atoms with Crippen LogP contribution in [0.2, 0.25) is 0 Å². The average Bonchev–Trinajstić information content (AvgIpc) is 3.14. The van der Waals surface area contributed by atoms with Gasteiger partial charge in [0.15, 0.2) is 0 Å². The molecule has 2 saturated heterocycles. The van der Waals surface area contributed by atoms with Gasteiger partial charge in [-0.15, -0.1) is 0 Å². The molecule has 156 valence electrons. The topological polar surface area (TPSA) is 56.7 Å². The highest BCUT2D eigenvalue weighted by Crippen LogP contribution is 2.33. The monoisotopic (exact) mass is 395 g/mol. The second-order valence-corrected chi connectivity index (χ2v) is 9.87. The lowest BCUT2D eigenvalue weighted by Gasteiger charge is -2.36. The third-order valence-electron chi connectivity index (χ3n) is 6.36. The zero-order valence-electron chi connectivity index (χ0n) is 17.9.